The van der Waals surface area contributed by atoms with Crippen LogP contribution in [-0.2, 0) is 11.2 Å². The first-order chi connectivity index (χ1) is 11.1. The lowest BCUT2D eigenvalue weighted by Gasteiger charge is -2.20. The number of rotatable bonds is 7. The second-order valence-corrected chi connectivity index (χ2v) is 5.86. The molecule has 1 heterocycles. The van der Waals surface area contributed by atoms with Gasteiger partial charge in [0.2, 0.25) is 11.0 Å². The number of hydrogen-bond acceptors (Lipinski definition) is 7. The van der Waals surface area contributed by atoms with Crippen LogP contribution in [0.1, 0.15) is 24.4 Å². The Hall–Kier alpha value is -2.48. The molecule has 0 aliphatic rings. The molecular formula is C15H20N6OS. The highest BCUT2D eigenvalue weighted by Gasteiger charge is 2.07. The summed E-state index contributed by atoms with van der Waals surface area (Å²) in [7, 11) is 0. The molecule has 0 aliphatic carbocycles. The van der Waals surface area contributed by atoms with Crippen LogP contribution in [0.2, 0.25) is 0 Å². The summed E-state index contributed by atoms with van der Waals surface area (Å²) >= 11 is 1.19. The first-order valence-electron chi connectivity index (χ1n) is 7.37. The van der Waals surface area contributed by atoms with E-state index in [2.05, 4.69) is 39.5 Å². The predicted molar refractivity (Wildman–Crippen MR) is 93.8 cm³/mol. The fourth-order valence-corrected chi connectivity index (χ4v) is 2.66. The molecule has 0 saturated heterocycles. The molecule has 0 radical (unpaired) electrons. The highest BCUT2D eigenvalue weighted by molar-refractivity contribution is 7.15. The average Bonchev–Trinajstić information content (AvgIpc) is 2.95. The van der Waals surface area contributed by atoms with Crippen LogP contribution in [0.5, 0.6) is 0 Å². The number of carbonyl (C=O) groups excluding carboxylic acids is 1. The van der Waals surface area contributed by atoms with Crippen molar-refractivity contribution >= 4 is 34.3 Å². The molecule has 0 aliphatic heterocycles. The van der Waals surface area contributed by atoms with E-state index in [-0.39, 0.29) is 12.3 Å². The van der Waals surface area contributed by atoms with Gasteiger partial charge in [0.1, 0.15) is 5.01 Å². The van der Waals surface area contributed by atoms with Gasteiger partial charge in [-0.05, 0) is 31.5 Å². The highest BCUT2D eigenvalue weighted by atomic mass is 32.1. The zero-order valence-corrected chi connectivity index (χ0v) is 14.0. The van der Waals surface area contributed by atoms with E-state index in [1.807, 2.05) is 24.3 Å². The number of hydrogen-bond donors (Lipinski definition) is 2. The van der Waals surface area contributed by atoms with Crippen LogP contribution in [-0.4, -0.2) is 35.4 Å². The summed E-state index contributed by atoms with van der Waals surface area (Å²) in [6.07, 6.45) is 1.73. The molecule has 0 unspecified atom stereocenters. The topological polar surface area (TPSA) is 96.5 Å². The Morgan fingerprint density at radius 3 is 2.57 bits per heavy atom. The van der Waals surface area contributed by atoms with Crippen molar-refractivity contribution in [3.8, 4) is 0 Å². The molecule has 8 heteroatoms. The summed E-state index contributed by atoms with van der Waals surface area (Å²) in [5.41, 5.74) is 10.0. The molecule has 1 amide bonds. The van der Waals surface area contributed by atoms with Crippen molar-refractivity contribution in [3.63, 3.8) is 0 Å². The van der Waals surface area contributed by atoms with Gasteiger partial charge >= 0.3 is 0 Å². The van der Waals surface area contributed by atoms with E-state index in [9.17, 15) is 4.79 Å². The summed E-state index contributed by atoms with van der Waals surface area (Å²) in [4.78, 5) is 14.0. The van der Waals surface area contributed by atoms with E-state index in [1.165, 1.54) is 17.0 Å². The van der Waals surface area contributed by atoms with Crippen molar-refractivity contribution < 1.29 is 4.79 Å². The Morgan fingerprint density at radius 2 is 2.00 bits per heavy atom. The fraction of sp³-hybridized carbons (Fsp3) is 0.333. The second kappa shape index (κ2) is 8.23. The Labute approximate surface area is 139 Å². The van der Waals surface area contributed by atoms with Gasteiger partial charge in [-0.1, -0.05) is 23.5 Å². The Bertz CT molecular complexity index is 663. The zero-order valence-electron chi connectivity index (χ0n) is 13.2. The number of nitrogen functional groups attached to an aromatic ring is 1. The van der Waals surface area contributed by atoms with Crippen LogP contribution >= 0.6 is 11.3 Å². The Balaban J connectivity index is 1.86. The normalized spacial score (nSPS) is 10.9. The van der Waals surface area contributed by atoms with Crippen molar-refractivity contribution in [1.82, 2.24) is 15.6 Å². The predicted octanol–water partition coefficient (Wildman–Crippen LogP) is 1.66. The minimum Gasteiger partial charge on any atom is -0.374 e. The summed E-state index contributed by atoms with van der Waals surface area (Å²) in [5, 5.41) is 12.3. The lowest BCUT2D eigenvalue weighted by Crippen LogP contribution is -2.21. The molecule has 1 aromatic heterocycles. The molecule has 0 saturated carbocycles. The molecular weight excluding hydrogens is 312 g/mol. The molecule has 2 aromatic rings. The number of carbonyl (C=O) groups is 1. The number of anilines is 2. The standard InChI is InChI=1S/C15H20N6OS/c1-3-21(4-2)12-7-5-11(6-8-12)10-17-18-13(22)9-14-19-20-15(16)23-14/h5-8,10H,3-4,9H2,1-2H3,(H2,16,20)(H,18,22)/b17-10+. The molecule has 7 nitrogen and oxygen atoms in total. The molecule has 23 heavy (non-hydrogen) atoms. The van der Waals surface area contributed by atoms with Gasteiger partial charge in [0.25, 0.3) is 0 Å². The largest absolute Gasteiger partial charge is 0.374 e. The van der Waals surface area contributed by atoms with Crippen LogP contribution < -0.4 is 16.1 Å². The van der Waals surface area contributed by atoms with Crippen LogP contribution in [0, 0.1) is 0 Å². The van der Waals surface area contributed by atoms with Gasteiger partial charge in [-0.15, -0.1) is 10.2 Å². The third kappa shape index (κ3) is 5.03. The number of nitrogens with two attached hydrogens (primary N) is 1. The SMILES string of the molecule is CCN(CC)c1ccc(/C=N/NC(=O)Cc2nnc(N)s2)cc1. The van der Waals surface area contributed by atoms with E-state index in [1.54, 1.807) is 6.21 Å². The minimum atomic E-state index is -0.253. The maximum Gasteiger partial charge on any atom is 0.247 e. The third-order valence-electron chi connectivity index (χ3n) is 3.22. The van der Waals surface area contributed by atoms with E-state index in [0.717, 1.165) is 18.7 Å². The van der Waals surface area contributed by atoms with Crippen molar-refractivity contribution in [2.45, 2.75) is 20.3 Å². The van der Waals surface area contributed by atoms with Gasteiger partial charge in [-0.25, -0.2) is 5.43 Å². The van der Waals surface area contributed by atoms with Gasteiger partial charge < -0.3 is 10.6 Å². The van der Waals surface area contributed by atoms with Gasteiger partial charge in [-0.3, -0.25) is 4.79 Å². The Kier molecular flexibility index (Phi) is 6.04. The van der Waals surface area contributed by atoms with Gasteiger partial charge in [0.15, 0.2) is 0 Å². The van der Waals surface area contributed by atoms with Crippen molar-refractivity contribution in [2.75, 3.05) is 23.7 Å². The van der Waals surface area contributed by atoms with Crippen molar-refractivity contribution in [2.24, 2.45) is 5.10 Å². The third-order valence-corrected chi connectivity index (χ3v) is 3.97. The lowest BCUT2D eigenvalue weighted by atomic mass is 10.2. The number of amides is 1. The van der Waals surface area contributed by atoms with E-state index >= 15 is 0 Å². The number of benzene rings is 1. The number of hydrazone groups is 1. The quantitative estimate of drug-likeness (QED) is 0.594. The number of nitrogens with zero attached hydrogens (tertiary/aromatic N) is 4. The molecule has 0 spiro atoms. The van der Waals surface area contributed by atoms with E-state index < -0.39 is 0 Å². The first-order valence-corrected chi connectivity index (χ1v) is 8.18. The van der Waals surface area contributed by atoms with Crippen LogP contribution in [0.4, 0.5) is 10.8 Å². The molecule has 0 fully saturated rings. The molecule has 3 N–H and O–H groups in total. The summed E-state index contributed by atoms with van der Waals surface area (Å²) in [6, 6.07) is 8.02. The molecule has 2 rings (SSSR count). The van der Waals surface area contributed by atoms with Crippen molar-refractivity contribution in [1.29, 1.82) is 0 Å². The second-order valence-electron chi connectivity index (χ2n) is 4.77. The minimum absolute atomic E-state index is 0.118. The lowest BCUT2D eigenvalue weighted by molar-refractivity contribution is -0.120. The smallest absolute Gasteiger partial charge is 0.247 e. The van der Waals surface area contributed by atoms with E-state index in [0.29, 0.717) is 10.1 Å². The van der Waals surface area contributed by atoms with Gasteiger partial charge in [0, 0.05) is 18.8 Å². The fourth-order valence-electron chi connectivity index (χ4n) is 2.05. The van der Waals surface area contributed by atoms with Gasteiger partial charge in [0.05, 0.1) is 12.6 Å². The highest BCUT2D eigenvalue weighted by Crippen LogP contribution is 2.14. The molecule has 0 atom stereocenters. The monoisotopic (exact) mass is 332 g/mol. The summed E-state index contributed by atoms with van der Waals surface area (Å²) < 4.78 is 0. The first kappa shape index (κ1) is 16.9. The summed E-state index contributed by atoms with van der Waals surface area (Å²) in [6.45, 7) is 6.19. The van der Waals surface area contributed by atoms with Crippen LogP contribution in [0.3, 0.4) is 0 Å². The average molecular weight is 332 g/mol. The zero-order chi connectivity index (χ0) is 16.7. The number of nitrogens with one attached hydrogen (secondary N) is 1. The van der Waals surface area contributed by atoms with Crippen LogP contribution in [0.25, 0.3) is 0 Å². The van der Waals surface area contributed by atoms with Gasteiger partial charge in [-0.2, -0.15) is 5.10 Å². The molecule has 122 valence electrons. The van der Waals surface area contributed by atoms with Crippen molar-refractivity contribution in [3.05, 3.63) is 34.8 Å². The maximum atomic E-state index is 11.7. The Morgan fingerprint density at radius 1 is 1.30 bits per heavy atom. The van der Waals surface area contributed by atoms with Crippen LogP contribution in [0.15, 0.2) is 29.4 Å². The maximum absolute atomic E-state index is 11.7. The van der Waals surface area contributed by atoms with E-state index in [4.69, 9.17) is 5.73 Å². The summed E-state index contributed by atoms with van der Waals surface area (Å²) in [5.74, 6) is -0.253. The molecule has 0 bridgehead atoms. The number of aromatic nitrogens is 2. The molecule has 1 aromatic carbocycles.